The molecule has 1 saturated heterocycles. The van der Waals surface area contributed by atoms with Crippen molar-refractivity contribution in [3.63, 3.8) is 0 Å². The summed E-state index contributed by atoms with van der Waals surface area (Å²) in [4.78, 5) is 12.5. The fourth-order valence-corrected chi connectivity index (χ4v) is 3.68. The van der Waals surface area contributed by atoms with E-state index in [4.69, 9.17) is 4.74 Å². The van der Waals surface area contributed by atoms with Crippen molar-refractivity contribution in [2.75, 3.05) is 11.9 Å². The lowest BCUT2D eigenvalue weighted by atomic mass is 10.2. The first kappa shape index (κ1) is 14.3. The summed E-state index contributed by atoms with van der Waals surface area (Å²) in [6.45, 7) is 0.766. The van der Waals surface area contributed by atoms with Gasteiger partial charge in [0.2, 0.25) is 5.13 Å². The minimum atomic E-state index is -0.182. The predicted molar refractivity (Wildman–Crippen MR) is 88.7 cm³/mol. The summed E-state index contributed by atoms with van der Waals surface area (Å²) in [7, 11) is 1.88. The molecular formula is C16H16N4O2S. The van der Waals surface area contributed by atoms with Crippen LogP contribution in [0.2, 0.25) is 0 Å². The molecule has 1 fully saturated rings. The van der Waals surface area contributed by atoms with Crippen LogP contribution >= 0.6 is 11.3 Å². The number of amides is 1. The van der Waals surface area contributed by atoms with Gasteiger partial charge in [0.1, 0.15) is 16.8 Å². The zero-order valence-corrected chi connectivity index (χ0v) is 13.5. The molecule has 1 aliphatic heterocycles. The van der Waals surface area contributed by atoms with Crippen LogP contribution in [-0.4, -0.2) is 27.3 Å². The van der Waals surface area contributed by atoms with Crippen LogP contribution in [-0.2, 0) is 11.8 Å². The molecule has 0 spiro atoms. The molecule has 3 aromatic rings. The molecule has 6 nitrogen and oxygen atoms in total. The van der Waals surface area contributed by atoms with Gasteiger partial charge in [-0.05, 0) is 25.0 Å². The average molecular weight is 328 g/mol. The number of hydrogen-bond donors (Lipinski definition) is 1. The van der Waals surface area contributed by atoms with Crippen molar-refractivity contribution in [3.05, 3.63) is 41.0 Å². The van der Waals surface area contributed by atoms with E-state index in [-0.39, 0.29) is 12.0 Å². The van der Waals surface area contributed by atoms with Gasteiger partial charge in [0.15, 0.2) is 0 Å². The van der Waals surface area contributed by atoms with Crippen molar-refractivity contribution in [2.24, 2.45) is 7.05 Å². The molecule has 0 saturated carbocycles. The van der Waals surface area contributed by atoms with Gasteiger partial charge in [-0.15, -0.1) is 10.2 Å². The number of carbonyl (C=O) groups is 1. The Morgan fingerprint density at radius 1 is 1.39 bits per heavy atom. The quantitative estimate of drug-likeness (QED) is 0.802. The molecule has 2 aromatic heterocycles. The van der Waals surface area contributed by atoms with E-state index >= 15 is 0 Å². The summed E-state index contributed by atoms with van der Waals surface area (Å²) in [5.74, 6) is -0.182. The average Bonchev–Trinajstić information content (AvgIpc) is 3.27. The van der Waals surface area contributed by atoms with E-state index in [0.717, 1.165) is 35.4 Å². The molecule has 1 aromatic carbocycles. The first-order valence-electron chi connectivity index (χ1n) is 7.53. The highest BCUT2D eigenvalue weighted by molar-refractivity contribution is 7.15. The van der Waals surface area contributed by atoms with Gasteiger partial charge in [-0.2, -0.15) is 0 Å². The second-order valence-corrected chi connectivity index (χ2v) is 6.56. The number of nitrogens with one attached hydrogen (secondary N) is 1. The van der Waals surface area contributed by atoms with Crippen LogP contribution in [0.4, 0.5) is 5.13 Å². The molecule has 4 rings (SSSR count). The molecule has 23 heavy (non-hydrogen) atoms. The van der Waals surface area contributed by atoms with Crippen LogP contribution in [0.3, 0.4) is 0 Å². The largest absolute Gasteiger partial charge is 0.371 e. The summed E-state index contributed by atoms with van der Waals surface area (Å²) >= 11 is 1.38. The monoisotopic (exact) mass is 328 g/mol. The van der Waals surface area contributed by atoms with E-state index < -0.39 is 0 Å². The minimum Gasteiger partial charge on any atom is -0.371 e. The first-order valence-corrected chi connectivity index (χ1v) is 8.35. The van der Waals surface area contributed by atoms with Crippen LogP contribution in [0.1, 0.15) is 34.4 Å². The Hall–Kier alpha value is -2.25. The van der Waals surface area contributed by atoms with E-state index in [2.05, 4.69) is 15.5 Å². The second kappa shape index (κ2) is 5.75. The van der Waals surface area contributed by atoms with E-state index in [9.17, 15) is 4.79 Å². The molecule has 1 atom stereocenters. The summed E-state index contributed by atoms with van der Waals surface area (Å²) in [6.07, 6.45) is 2.03. The normalized spacial score (nSPS) is 17.7. The highest BCUT2D eigenvalue weighted by Gasteiger charge is 2.23. The van der Waals surface area contributed by atoms with Gasteiger partial charge >= 0.3 is 0 Å². The number of carbonyl (C=O) groups excluding carboxylic acids is 1. The molecule has 0 aliphatic carbocycles. The Morgan fingerprint density at radius 3 is 3.04 bits per heavy atom. The lowest BCUT2D eigenvalue weighted by molar-refractivity contribution is 0.101. The first-order chi connectivity index (χ1) is 11.2. The summed E-state index contributed by atoms with van der Waals surface area (Å²) in [5.41, 5.74) is 1.62. The van der Waals surface area contributed by atoms with Crippen molar-refractivity contribution in [1.29, 1.82) is 0 Å². The zero-order chi connectivity index (χ0) is 15.8. The minimum absolute atomic E-state index is 0.0239. The Balaban J connectivity index is 1.56. The highest BCUT2D eigenvalue weighted by Crippen LogP contribution is 2.32. The van der Waals surface area contributed by atoms with Crippen molar-refractivity contribution in [3.8, 4) is 0 Å². The molecular weight excluding hydrogens is 312 g/mol. The number of aryl methyl sites for hydroxylation is 1. The number of anilines is 1. The number of nitrogens with zero attached hydrogens (tertiary/aromatic N) is 3. The Labute approximate surface area is 137 Å². The number of ether oxygens (including phenoxy) is 1. The van der Waals surface area contributed by atoms with Crippen LogP contribution < -0.4 is 5.32 Å². The number of rotatable bonds is 3. The number of fused-ring (bicyclic) bond motifs is 1. The fourth-order valence-electron chi connectivity index (χ4n) is 2.86. The third-order valence-corrected chi connectivity index (χ3v) is 4.98. The summed E-state index contributed by atoms with van der Waals surface area (Å²) in [5, 5.41) is 13.4. The van der Waals surface area contributed by atoms with Crippen molar-refractivity contribution >= 4 is 33.3 Å². The van der Waals surface area contributed by atoms with Gasteiger partial charge in [0, 0.05) is 24.6 Å². The van der Waals surface area contributed by atoms with Crippen LogP contribution in [0, 0.1) is 0 Å². The van der Waals surface area contributed by atoms with Crippen molar-refractivity contribution < 1.29 is 9.53 Å². The van der Waals surface area contributed by atoms with Gasteiger partial charge in [-0.1, -0.05) is 29.5 Å². The van der Waals surface area contributed by atoms with Gasteiger partial charge in [0.05, 0.1) is 0 Å². The van der Waals surface area contributed by atoms with Crippen LogP contribution in [0.25, 0.3) is 10.9 Å². The molecule has 1 aliphatic rings. The topological polar surface area (TPSA) is 69.0 Å². The smallest absolute Gasteiger partial charge is 0.274 e. The molecule has 3 heterocycles. The standard InChI is InChI=1S/C16H16N4O2S/c1-20-11-6-3-2-5-10(11)9-12(20)14(21)17-16-19-18-15(23-16)13-7-4-8-22-13/h2-3,5-6,9,13H,4,7-8H2,1H3,(H,17,19,21)/t13-/m0/s1. The maximum atomic E-state index is 12.5. The predicted octanol–water partition coefficient (Wildman–Crippen LogP) is 3.13. The van der Waals surface area contributed by atoms with Crippen LogP contribution in [0.15, 0.2) is 30.3 Å². The van der Waals surface area contributed by atoms with Gasteiger partial charge in [-0.3, -0.25) is 10.1 Å². The molecule has 7 heteroatoms. The number of para-hydroxylation sites is 1. The summed E-state index contributed by atoms with van der Waals surface area (Å²) < 4.78 is 7.47. The third kappa shape index (κ3) is 2.62. The SMILES string of the molecule is Cn1c(C(=O)Nc2nnc([C@@H]3CCCO3)s2)cc2ccccc21. The number of benzene rings is 1. The molecule has 1 amide bonds. The van der Waals surface area contributed by atoms with Crippen molar-refractivity contribution in [2.45, 2.75) is 18.9 Å². The fraction of sp³-hybridized carbons (Fsp3) is 0.312. The zero-order valence-electron chi connectivity index (χ0n) is 12.7. The Bertz CT molecular complexity index is 864. The van der Waals surface area contributed by atoms with Gasteiger partial charge < -0.3 is 9.30 Å². The molecule has 0 bridgehead atoms. The number of aromatic nitrogens is 3. The molecule has 0 radical (unpaired) electrons. The van der Waals surface area contributed by atoms with E-state index in [0.29, 0.717) is 10.8 Å². The van der Waals surface area contributed by atoms with E-state index in [1.54, 1.807) is 0 Å². The second-order valence-electron chi connectivity index (χ2n) is 5.55. The summed E-state index contributed by atoms with van der Waals surface area (Å²) in [6, 6.07) is 9.79. The van der Waals surface area contributed by atoms with Gasteiger partial charge in [0.25, 0.3) is 5.91 Å². The van der Waals surface area contributed by atoms with E-state index in [1.165, 1.54) is 11.3 Å². The highest BCUT2D eigenvalue weighted by atomic mass is 32.1. The molecule has 0 unspecified atom stereocenters. The third-order valence-electron chi connectivity index (χ3n) is 4.05. The van der Waals surface area contributed by atoms with E-state index in [1.807, 2.05) is 41.9 Å². The Morgan fingerprint density at radius 2 is 2.26 bits per heavy atom. The number of hydrogen-bond acceptors (Lipinski definition) is 5. The van der Waals surface area contributed by atoms with Crippen LogP contribution in [0.5, 0.6) is 0 Å². The maximum Gasteiger partial charge on any atom is 0.274 e. The lowest BCUT2D eigenvalue weighted by Crippen LogP contribution is -2.15. The molecule has 118 valence electrons. The maximum absolute atomic E-state index is 12.5. The molecule has 1 N–H and O–H groups in total. The van der Waals surface area contributed by atoms with Crippen molar-refractivity contribution in [1.82, 2.24) is 14.8 Å². The van der Waals surface area contributed by atoms with Gasteiger partial charge in [-0.25, -0.2) is 0 Å². The lowest BCUT2D eigenvalue weighted by Gasteiger charge is -2.04. The Kier molecular flexibility index (Phi) is 3.59.